The molecule has 0 radical (unpaired) electrons. The Labute approximate surface area is 195 Å². The fraction of sp³-hybridized carbons (Fsp3) is 0.286. The zero-order chi connectivity index (χ0) is 22.5. The number of methoxy groups -OCH3 is 1. The lowest BCUT2D eigenvalue weighted by Crippen LogP contribution is -2.15. The second-order valence-electron chi connectivity index (χ2n) is 6.75. The molecule has 1 N–H and O–H groups in total. The number of amides is 1. The van der Waals surface area contributed by atoms with Gasteiger partial charge in [-0.1, -0.05) is 35.0 Å². The first-order valence-electron chi connectivity index (χ1n) is 9.36. The minimum atomic E-state index is -0.337. The van der Waals surface area contributed by atoms with Gasteiger partial charge in [0, 0.05) is 17.1 Å². The number of nitrogens with one attached hydrogen (secondary N) is 1. The van der Waals surface area contributed by atoms with Crippen LogP contribution in [-0.2, 0) is 11.8 Å². The van der Waals surface area contributed by atoms with Crippen LogP contribution in [0.25, 0.3) is 0 Å². The molecule has 1 amide bonds. The molecule has 0 saturated carbocycles. The number of aromatic nitrogens is 3. The standard InChI is InChI=1S/C21H22Cl2N4O3S/c1-12-9-14(22)5-7-17(12)30-13(2)20-25-26-21(27(20)3)31-11-19(28)24-16-10-15(23)6-8-18(16)29-4/h5-10,13H,11H2,1-4H3,(H,24,28). The van der Waals surface area contributed by atoms with Crippen LogP contribution in [0.5, 0.6) is 11.5 Å². The van der Waals surface area contributed by atoms with Gasteiger partial charge < -0.3 is 19.4 Å². The van der Waals surface area contributed by atoms with Gasteiger partial charge in [0.05, 0.1) is 18.6 Å². The van der Waals surface area contributed by atoms with Gasteiger partial charge >= 0.3 is 0 Å². The summed E-state index contributed by atoms with van der Waals surface area (Å²) in [5, 5.41) is 13.0. The van der Waals surface area contributed by atoms with Crippen molar-refractivity contribution in [3.8, 4) is 11.5 Å². The summed E-state index contributed by atoms with van der Waals surface area (Å²) in [4.78, 5) is 12.4. The third kappa shape index (κ3) is 5.84. The molecule has 1 atom stereocenters. The molecule has 1 aromatic heterocycles. The number of halogens is 2. The van der Waals surface area contributed by atoms with E-state index in [0.29, 0.717) is 32.5 Å². The van der Waals surface area contributed by atoms with E-state index in [1.165, 1.54) is 18.9 Å². The minimum Gasteiger partial charge on any atom is -0.495 e. The third-order valence-electron chi connectivity index (χ3n) is 4.44. The highest BCUT2D eigenvalue weighted by atomic mass is 35.5. The van der Waals surface area contributed by atoms with E-state index in [1.807, 2.05) is 37.6 Å². The van der Waals surface area contributed by atoms with E-state index >= 15 is 0 Å². The van der Waals surface area contributed by atoms with Gasteiger partial charge in [-0.2, -0.15) is 0 Å². The molecule has 2 aromatic carbocycles. The summed E-state index contributed by atoms with van der Waals surface area (Å²) >= 11 is 13.3. The lowest BCUT2D eigenvalue weighted by molar-refractivity contribution is -0.113. The molecule has 10 heteroatoms. The first-order chi connectivity index (χ1) is 14.8. The normalized spacial score (nSPS) is 11.8. The molecule has 3 aromatic rings. The Balaban J connectivity index is 1.62. The molecule has 1 unspecified atom stereocenters. The number of aryl methyl sites for hydroxylation is 1. The smallest absolute Gasteiger partial charge is 0.234 e. The zero-order valence-electron chi connectivity index (χ0n) is 17.5. The van der Waals surface area contributed by atoms with Crippen molar-refractivity contribution in [2.24, 2.45) is 7.05 Å². The molecule has 1 heterocycles. The second kappa shape index (κ2) is 10.3. The van der Waals surface area contributed by atoms with Crippen LogP contribution >= 0.6 is 35.0 Å². The van der Waals surface area contributed by atoms with E-state index < -0.39 is 0 Å². The Hall–Kier alpha value is -2.42. The fourth-order valence-electron chi connectivity index (χ4n) is 2.89. The van der Waals surface area contributed by atoms with Crippen molar-refractivity contribution in [1.29, 1.82) is 0 Å². The molecule has 0 fully saturated rings. The highest BCUT2D eigenvalue weighted by Crippen LogP contribution is 2.29. The van der Waals surface area contributed by atoms with Gasteiger partial charge in [0.2, 0.25) is 5.91 Å². The largest absolute Gasteiger partial charge is 0.495 e. The van der Waals surface area contributed by atoms with Gasteiger partial charge in [0.25, 0.3) is 0 Å². The topological polar surface area (TPSA) is 78.3 Å². The van der Waals surface area contributed by atoms with Crippen LogP contribution in [0.4, 0.5) is 5.69 Å². The van der Waals surface area contributed by atoms with Crippen molar-refractivity contribution in [3.05, 3.63) is 57.8 Å². The maximum Gasteiger partial charge on any atom is 0.234 e. The van der Waals surface area contributed by atoms with E-state index in [0.717, 1.165) is 11.3 Å². The molecule has 0 bridgehead atoms. The first kappa shape index (κ1) is 23.2. The maximum atomic E-state index is 12.4. The van der Waals surface area contributed by atoms with Crippen LogP contribution < -0.4 is 14.8 Å². The van der Waals surface area contributed by atoms with Crippen molar-refractivity contribution in [2.45, 2.75) is 25.1 Å². The van der Waals surface area contributed by atoms with Crippen LogP contribution in [0.2, 0.25) is 10.0 Å². The Kier molecular flexibility index (Phi) is 7.69. The molecule has 0 aliphatic carbocycles. The van der Waals surface area contributed by atoms with Gasteiger partial charge in [-0.3, -0.25) is 4.79 Å². The summed E-state index contributed by atoms with van der Waals surface area (Å²) in [6.07, 6.45) is -0.337. The monoisotopic (exact) mass is 480 g/mol. The zero-order valence-corrected chi connectivity index (χ0v) is 19.8. The summed E-state index contributed by atoms with van der Waals surface area (Å²) in [6, 6.07) is 10.5. The van der Waals surface area contributed by atoms with E-state index in [9.17, 15) is 4.79 Å². The summed E-state index contributed by atoms with van der Waals surface area (Å²) in [5.74, 6) is 1.84. The van der Waals surface area contributed by atoms with E-state index in [4.69, 9.17) is 32.7 Å². The summed E-state index contributed by atoms with van der Waals surface area (Å²) < 4.78 is 13.1. The van der Waals surface area contributed by atoms with Gasteiger partial charge in [0.1, 0.15) is 11.5 Å². The second-order valence-corrected chi connectivity index (χ2v) is 8.57. The predicted molar refractivity (Wildman–Crippen MR) is 124 cm³/mol. The van der Waals surface area contributed by atoms with Gasteiger partial charge in [-0.25, -0.2) is 0 Å². The number of carbonyl (C=O) groups is 1. The Morgan fingerprint density at radius 2 is 1.84 bits per heavy atom. The predicted octanol–water partition coefficient (Wildman–Crippen LogP) is 5.31. The van der Waals surface area contributed by atoms with E-state index in [-0.39, 0.29) is 17.8 Å². The van der Waals surface area contributed by atoms with Crippen LogP contribution in [0.1, 0.15) is 24.4 Å². The van der Waals surface area contributed by atoms with Gasteiger partial charge in [0.15, 0.2) is 17.1 Å². The Bertz CT molecular complexity index is 1090. The number of hydrogen-bond donors (Lipinski definition) is 1. The molecule has 31 heavy (non-hydrogen) atoms. The molecule has 0 aliphatic rings. The quantitative estimate of drug-likeness (QED) is 0.440. The fourth-order valence-corrected chi connectivity index (χ4v) is 4.01. The molecule has 7 nitrogen and oxygen atoms in total. The highest BCUT2D eigenvalue weighted by molar-refractivity contribution is 7.99. The number of carbonyl (C=O) groups excluding carboxylic acids is 1. The number of hydrogen-bond acceptors (Lipinski definition) is 6. The van der Waals surface area contributed by atoms with Crippen LogP contribution in [-0.4, -0.2) is 33.5 Å². The number of benzene rings is 2. The van der Waals surface area contributed by atoms with E-state index in [1.54, 1.807) is 24.3 Å². The SMILES string of the molecule is COc1ccc(Cl)cc1NC(=O)CSc1nnc(C(C)Oc2ccc(Cl)cc2C)n1C. The van der Waals surface area contributed by atoms with Crippen molar-refractivity contribution in [1.82, 2.24) is 14.8 Å². The summed E-state index contributed by atoms with van der Waals surface area (Å²) in [7, 11) is 3.37. The maximum absolute atomic E-state index is 12.4. The van der Waals surface area contributed by atoms with Crippen LogP contribution in [0, 0.1) is 6.92 Å². The van der Waals surface area contributed by atoms with E-state index in [2.05, 4.69) is 15.5 Å². The average molecular weight is 481 g/mol. The Morgan fingerprint density at radius 3 is 2.52 bits per heavy atom. The lowest BCUT2D eigenvalue weighted by atomic mass is 10.2. The van der Waals surface area contributed by atoms with Crippen LogP contribution in [0.15, 0.2) is 41.6 Å². The average Bonchev–Trinajstić information content (AvgIpc) is 3.09. The third-order valence-corrected chi connectivity index (χ3v) is 5.93. The molecular formula is C21H22Cl2N4O3S. The Morgan fingerprint density at radius 1 is 1.16 bits per heavy atom. The van der Waals surface area contributed by atoms with Crippen LogP contribution in [0.3, 0.4) is 0 Å². The molecule has 0 spiro atoms. The van der Waals surface area contributed by atoms with Crippen molar-refractivity contribution < 1.29 is 14.3 Å². The lowest BCUT2D eigenvalue weighted by Gasteiger charge is -2.16. The molecule has 3 rings (SSSR count). The number of rotatable bonds is 8. The molecular weight excluding hydrogens is 459 g/mol. The summed E-state index contributed by atoms with van der Waals surface area (Å²) in [6.45, 7) is 3.82. The molecule has 0 saturated heterocycles. The molecule has 0 aliphatic heterocycles. The minimum absolute atomic E-state index is 0.146. The van der Waals surface area contributed by atoms with Crippen molar-refractivity contribution in [3.63, 3.8) is 0 Å². The van der Waals surface area contributed by atoms with Gasteiger partial charge in [-0.15, -0.1) is 10.2 Å². The van der Waals surface area contributed by atoms with Crippen molar-refractivity contribution in [2.75, 3.05) is 18.2 Å². The number of nitrogens with zero attached hydrogens (tertiary/aromatic N) is 3. The van der Waals surface area contributed by atoms with Crippen molar-refractivity contribution >= 4 is 46.6 Å². The number of thioether (sulfide) groups is 1. The summed E-state index contributed by atoms with van der Waals surface area (Å²) in [5.41, 5.74) is 1.45. The molecule has 164 valence electrons. The first-order valence-corrected chi connectivity index (χ1v) is 11.1. The number of ether oxygens (including phenoxy) is 2. The highest BCUT2D eigenvalue weighted by Gasteiger charge is 2.19. The number of anilines is 1. The van der Waals surface area contributed by atoms with Gasteiger partial charge in [-0.05, 0) is 55.8 Å².